The quantitative estimate of drug-likeness (QED) is 0.658. The maximum absolute atomic E-state index is 6.65. The summed E-state index contributed by atoms with van der Waals surface area (Å²) >= 11 is 6.65. The van der Waals surface area contributed by atoms with Gasteiger partial charge in [-0.3, -0.25) is 0 Å². The molecule has 0 radical (unpaired) electrons. The van der Waals surface area contributed by atoms with E-state index in [1.807, 2.05) is 0 Å². The molecule has 98 valence electrons. The monoisotopic (exact) mass is 270 g/mol. The van der Waals surface area contributed by atoms with Gasteiger partial charge >= 0.3 is 0 Å². The molecule has 1 heteroatoms. The van der Waals surface area contributed by atoms with E-state index in [1.54, 1.807) is 0 Å². The predicted molar refractivity (Wildman–Crippen MR) is 82.0 cm³/mol. The second-order valence-corrected chi connectivity index (χ2v) is 5.95. The van der Waals surface area contributed by atoms with E-state index in [9.17, 15) is 0 Å². The average molecular weight is 271 g/mol. The highest BCUT2D eigenvalue weighted by Crippen LogP contribution is 2.32. The van der Waals surface area contributed by atoms with Crippen LogP contribution in [0.25, 0.3) is 0 Å². The lowest BCUT2D eigenvalue weighted by Crippen LogP contribution is -2.04. The minimum absolute atomic E-state index is 0.0351. The zero-order valence-corrected chi connectivity index (χ0v) is 12.1. The van der Waals surface area contributed by atoms with Gasteiger partial charge in [0.2, 0.25) is 0 Å². The molecule has 0 heterocycles. The van der Waals surface area contributed by atoms with Gasteiger partial charge in [-0.1, -0.05) is 48.0 Å². The topological polar surface area (TPSA) is 0 Å². The Morgan fingerprint density at radius 2 is 1.63 bits per heavy atom. The predicted octanol–water partition coefficient (Wildman–Crippen LogP) is 5.20. The highest BCUT2D eigenvalue weighted by Gasteiger charge is 2.15. The molecule has 0 spiro atoms. The number of fused-ring (bicyclic) bond motifs is 1. The van der Waals surface area contributed by atoms with Gasteiger partial charge in [-0.25, -0.2) is 0 Å². The zero-order valence-electron chi connectivity index (χ0n) is 11.3. The summed E-state index contributed by atoms with van der Waals surface area (Å²) in [6, 6.07) is 15.3. The lowest BCUT2D eigenvalue weighted by molar-refractivity contribution is 0.684. The molecular weight excluding hydrogens is 252 g/mol. The Morgan fingerprint density at radius 3 is 2.42 bits per heavy atom. The molecule has 0 aliphatic heterocycles. The van der Waals surface area contributed by atoms with E-state index in [0.29, 0.717) is 0 Å². The van der Waals surface area contributed by atoms with Crippen molar-refractivity contribution in [1.82, 2.24) is 0 Å². The van der Waals surface area contributed by atoms with Gasteiger partial charge in [-0.05, 0) is 54.9 Å². The first-order valence-corrected chi connectivity index (χ1v) is 7.50. The number of alkyl halides is 1. The molecule has 1 atom stereocenters. The molecule has 1 aliphatic carbocycles. The number of hydrogen-bond acceptors (Lipinski definition) is 0. The summed E-state index contributed by atoms with van der Waals surface area (Å²) in [5, 5.41) is -0.0351. The minimum atomic E-state index is -0.0351. The third-order valence-corrected chi connectivity index (χ3v) is 4.50. The van der Waals surface area contributed by atoms with E-state index in [-0.39, 0.29) is 5.38 Å². The van der Waals surface area contributed by atoms with Crippen LogP contribution in [0.15, 0.2) is 42.5 Å². The van der Waals surface area contributed by atoms with Crippen LogP contribution in [0.1, 0.15) is 46.0 Å². The lowest BCUT2D eigenvalue weighted by Gasteiger charge is -2.18. The third kappa shape index (κ3) is 2.69. The van der Waals surface area contributed by atoms with E-state index in [0.717, 1.165) is 0 Å². The molecule has 3 rings (SSSR count). The number of hydrogen-bond donors (Lipinski definition) is 0. The third-order valence-electron chi connectivity index (χ3n) is 4.00. The maximum atomic E-state index is 6.65. The van der Waals surface area contributed by atoms with Crippen molar-refractivity contribution in [2.75, 3.05) is 0 Å². The fourth-order valence-electron chi connectivity index (χ4n) is 2.93. The number of benzene rings is 2. The summed E-state index contributed by atoms with van der Waals surface area (Å²) in [5.74, 6) is 0. The first-order valence-electron chi connectivity index (χ1n) is 7.06. The van der Waals surface area contributed by atoms with Crippen LogP contribution in [0.2, 0.25) is 0 Å². The molecular formula is C18H19Cl. The Balaban J connectivity index is 1.93. The van der Waals surface area contributed by atoms with Crippen molar-refractivity contribution >= 4 is 11.6 Å². The van der Waals surface area contributed by atoms with Crippen LogP contribution >= 0.6 is 11.6 Å². The lowest BCUT2D eigenvalue weighted by atomic mass is 9.89. The number of aryl methyl sites for hydroxylation is 3. The van der Waals surface area contributed by atoms with Crippen molar-refractivity contribution in [1.29, 1.82) is 0 Å². The van der Waals surface area contributed by atoms with E-state index in [4.69, 9.17) is 11.6 Å². The van der Waals surface area contributed by atoms with Crippen LogP contribution < -0.4 is 0 Å². The number of rotatable bonds is 2. The Labute approximate surface area is 120 Å². The molecule has 2 aromatic carbocycles. The van der Waals surface area contributed by atoms with Crippen molar-refractivity contribution in [3.63, 3.8) is 0 Å². The normalized spacial score (nSPS) is 15.9. The van der Waals surface area contributed by atoms with E-state index in [2.05, 4.69) is 49.4 Å². The van der Waals surface area contributed by atoms with E-state index in [1.165, 1.54) is 53.5 Å². The highest BCUT2D eigenvalue weighted by atomic mass is 35.5. The van der Waals surface area contributed by atoms with E-state index < -0.39 is 0 Å². The molecule has 0 aromatic heterocycles. The Morgan fingerprint density at radius 1 is 0.895 bits per heavy atom. The molecule has 0 bridgehead atoms. The molecule has 0 N–H and O–H groups in total. The SMILES string of the molecule is Cc1cccc(C(Cl)c2ccc3c(c2)CCCC3)c1. The van der Waals surface area contributed by atoms with Crippen molar-refractivity contribution in [2.24, 2.45) is 0 Å². The van der Waals surface area contributed by atoms with Gasteiger partial charge in [-0.2, -0.15) is 0 Å². The molecule has 0 saturated carbocycles. The molecule has 0 fully saturated rings. The van der Waals surface area contributed by atoms with Gasteiger partial charge in [0.05, 0.1) is 5.38 Å². The van der Waals surface area contributed by atoms with Crippen molar-refractivity contribution in [3.8, 4) is 0 Å². The summed E-state index contributed by atoms with van der Waals surface area (Å²) < 4.78 is 0. The van der Waals surface area contributed by atoms with Gasteiger partial charge < -0.3 is 0 Å². The second-order valence-electron chi connectivity index (χ2n) is 5.51. The molecule has 1 aliphatic rings. The van der Waals surface area contributed by atoms with Crippen LogP contribution in [0, 0.1) is 6.92 Å². The van der Waals surface area contributed by atoms with Gasteiger partial charge in [0.25, 0.3) is 0 Å². The molecule has 0 saturated heterocycles. The largest absolute Gasteiger partial charge is 0.113 e. The van der Waals surface area contributed by atoms with Crippen molar-refractivity contribution in [3.05, 3.63) is 70.3 Å². The first-order chi connectivity index (χ1) is 9.24. The fourth-order valence-corrected chi connectivity index (χ4v) is 3.20. The van der Waals surface area contributed by atoms with Gasteiger partial charge in [0, 0.05) is 0 Å². The van der Waals surface area contributed by atoms with Crippen LogP contribution in [0.3, 0.4) is 0 Å². The number of halogens is 1. The summed E-state index contributed by atoms with van der Waals surface area (Å²) in [5.41, 5.74) is 6.71. The molecule has 0 amide bonds. The fraction of sp³-hybridized carbons (Fsp3) is 0.333. The molecule has 19 heavy (non-hydrogen) atoms. The van der Waals surface area contributed by atoms with Crippen LogP contribution in [-0.4, -0.2) is 0 Å². The molecule has 2 aromatic rings. The smallest absolute Gasteiger partial charge is 0.0835 e. The second kappa shape index (κ2) is 5.38. The maximum Gasteiger partial charge on any atom is 0.0835 e. The average Bonchev–Trinajstić information content (AvgIpc) is 2.46. The first kappa shape index (κ1) is 12.7. The summed E-state index contributed by atoms with van der Waals surface area (Å²) in [6.45, 7) is 2.11. The zero-order chi connectivity index (χ0) is 13.2. The van der Waals surface area contributed by atoms with E-state index >= 15 is 0 Å². The summed E-state index contributed by atoms with van der Waals surface area (Å²) in [4.78, 5) is 0. The van der Waals surface area contributed by atoms with Crippen molar-refractivity contribution in [2.45, 2.75) is 38.0 Å². The van der Waals surface area contributed by atoms with Gasteiger partial charge in [0.15, 0.2) is 0 Å². The Kier molecular flexibility index (Phi) is 3.61. The summed E-state index contributed by atoms with van der Waals surface area (Å²) in [6.07, 6.45) is 5.08. The van der Waals surface area contributed by atoms with Crippen molar-refractivity contribution < 1.29 is 0 Å². The van der Waals surface area contributed by atoms with Crippen LogP contribution in [-0.2, 0) is 12.8 Å². The molecule has 1 unspecified atom stereocenters. The van der Waals surface area contributed by atoms with Crippen LogP contribution in [0.5, 0.6) is 0 Å². The Bertz CT molecular complexity index is 586. The standard InChI is InChI=1S/C18H19Cl/c1-13-5-4-8-16(11-13)18(19)17-10-9-14-6-2-3-7-15(14)12-17/h4-5,8-12,18H,2-3,6-7H2,1H3. The highest BCUT2D eigenvalue weighted by molar-refractivity contribution is 6.22. The molecule has 0 nitrogen and oxygen atoms in total. The summed E-state index contributed by atoms with van der Waals surface area (Å²) in [7, 11) is 0. The van der Waals surface area contributed by atoms with Crippen LogP contribution in [0.4, 0.5) is 0 Å². The van der Waals surface area contributed by atoms with Gasteiger partial charge in [0.1, 0.15) is 0 Å². The minimum Gasteiger partial charge on any atom is -0.113 e. The van der Waals surface area contributed by atoms with Gasteiger partial charge in [-0.15, -0.1) is 11.6 Å². The Hall–Kier alpha value is -1.27.